The van der Waals surface area contributed by atoms with Crippen molar-refractivity contribution in [3.8, 4) is 11.5 Å². The van der Waals surface area contributed by atoms with E-state index in [0.29, 0.717) is 18.0 Å². The zero-order chi connectivity index (χ0) is 21.0. The number of ether oxygens (including phenoxy) is 2. The Morgan fingerprint density at radius 3 is 2.62 bits per heavy atom. The average Bonchev–Trinajstić information content (AvgIpc) is 2.87. The molecule has 0 unspecified atom stereocenters. The van der Waals surface area contributed by atoms with Crippen molar-refractivity contribution in [2.45, 2.75) is 32.4 Å². The number of aryl methyl sites for hydroxylation is 1. The van der Waals surface area contributed by atoms with Gasteiger partial charge in [0.05, 0.1) is 18.0 Å². The van der Waals surface area contributed by atoms with Crippen molar-refractivity contribution in [3.63, 3.8) is 0 Å². The number of hydrogen-bond acceptors (Lipinski definition) is 5. The summed E-state index contributed by atoms with van der Waals surface area (Å²) in [6, 6.07) is 14.3. The molecule has 1 aliphatic rings. The first-order valence-corrected chi connectivity index (χ1v) is 11.3. The first kappa shape index (κ1) is 21.0. The second kappa shape index (κ2) is 8.73. The van der Waals surface area contributed by atoms with Gasteiger partial charge in [0, 0.05) is 13.0 Å². The number of carbonyl (C=O) groups is 1. The van der Waals surface area contributed by atoms with Crippen LogP contribution in [0.1, 0.15) is 18.9 Å². The minimum atomic E-state index is -3.48. The lowest BCUT2D eigenvalue weighted by Gasteiger charge is -2.20. The molecule has 8 heteroatoms. The topological polar surface area (TPSA) is 84.9 Å². The molecule has 1 N–H and O–H groups in total. The number of amides is 1. The minimum Gasteiger partial charge on any atom is -0.491 e. The largest absolute Gasteiger partial charge is 0.491 e. The van der Waals surface area contributed by atoms with Crippen molar-refractivity contribution in [2.24, 2.45) is 0 Å². The van der Waals surface area contributed by atoms with Gasteiger partial charge < -0.3 is 14.8 Å². The quantitative estimate of drug-likeness (QED) is 0.779. The van der Waals surface area contributed by atoms with Crippen LogP contribution in [-0.2, 0) is 14.8 Å². The summed E-state index contributed by atoms with van der Waals surface area (Å²) in [6.45, 7) is 4.33. The third kappa shape index (κ3) is 5.41. The summed E-state index contributed by atoms with van der Waals surface area (Å²) in [6.07, 6.45) is 0.609. The molecular weight excluding hydrogens is 392 g/mol. The van der Waals surface area contributed by atoms with Crippen LogP contribution in [0.4, 0.5) is 5.69 Å². The molecule has 156 valence electrons. The van der Waals surface area contributed by atoms with Gasteiger partial charge in [-0.25, -0.2) is 8.42 Å². The molecule has 2 atom stereocenters. The number of carbonyl (C=O) groups excluding carboxylic acids is 1. The maximum Gasteiger partial charge on any atom is 0.261 e. The fourth-order valence-electron chi connectivity index (χ4n) is 3.09. The zero-order valence-electron chi connectivity index (χ0n) is 16.8. The number of benzene rings is 2. The summed E-state index contributed by atoms with van der Waals surface area (Å²) < 4.78 is 37.2. The van der Waals surface area contributed by atoms with Gasteiger partial charge in [0.2, 0.25) is 10.0 Å². The second-order valence-electron chi connectivity index (χ2n) is 7.23. The number of sulfonamides is 1. The van der Waals surface area contributed by atoms with Gasteiger partial charge in [0.15, 0.2) is 6.10 Å². The van der Waals surface area contributed by atoms with Crippen LogP contribution in [-0.4, -0.2) is 45.9 Å². The average molecular weight is 419 g/mol. The van der Waals surface area contributed by atoms with Crippen molar-refractivity contribution in [1.82, 2.24) is 5.32 Å². The molecule has 3 rings (SSSR count). The SMILES string of the molecule is Cc1ccc(OC[C@H](C)NC(=O)[C@H]2CCN(S(C)(=O)=O)c3ccccc3O2)cc1. The molecular formula is C21H26N2O5S. The Bertz CT molecular complexity index is 959. The van der Waals surface area contributed by atoms with E-state index in [4.69, 9.17) is 9.47 Å². The summed E-state index contributed by atoms with van der Waals surface area (Å²) in [5, 5.41) is 2.89. The van der Waals surface area contributed by atoms with E-state index < -0.39 is 16.1 Å². The smallest absolute Gasteiger partial charge is 0.261 e. The van der Waals surface area contributed by atoms with Crippen LogP contribution >= 0.6 is 0 Å². The first-order valence-electron chi connectivity index (χ1n) is 9.47. The second-order valence-corrected chi connectivity index (χ2v) is 9.14. The normalized spacial score (nSPS) is 17.5. The number of fused-ring (bicyclic) bond motifs is 1. The molecule has 2 aromatic carbocycles. The molecule has 0 saturated carbocycles. The van der Waals surface area contributed by atoms with E-state index in [-0.39, 0.29) is 24.9 Å². The lowest BCUT2D eigenvalue weighted by molar-refractivity contribution is -0.128. The van der Waals surface area contributed by atoms with E-state index >= 15 is 0 Å². The van der Waals surface area contributed by atoms with Crippen molar-refractivity contribution in [2.75, 3.05) is 23.7 Å². The molecule has 29 heavy (non-hydrogen) atoms. The highest BCUT2D eigenvalue weighted by Gasteiger charge is 2.31. The van der Waals surface area contributed by atoms with Gasteiger partial charge in [-0.05, 0) is 38.1 Å². The monoisotopic (exact) mass is 418 g/mol. The molecule has 0 aliphatic carbocycles. The van der Waals surface area contributed by atoms with Gasteiger partial charge >= 0.3 is 0 Å². The first-order chi connectivity index (χ1) is 13.7. The third-order valence-electron chi connectivity index (χ3n) is 4.60. The molecule has 0 radical (unpaired) electrons. The van der Waals surface area contributed by atoms with E-state index in [1.807, 2.05) is 38.1 Å². The highest BCUT2D eigenvalue weighted by Crippen LogP contribution is 2.33. The fourth-order valence-corrected chi connectivity index (χ4v) is 4.04. The van der Waals surface area contributed by atoms with Crippen LogP contribution in [0.3, 0.4) is 0 Å². The molecule has 0 saturated heterocycles. The molecule has 1 amide bonds. The maximum atomic E-state index is 12.7. The Kier molecular flexibility index (Phi) is 6.32. The van der Waals surface area contributed by atoms with Gasteiger partial charge in [0.25, 0.3) is 5.91 Å². The Hall–Kier alpha value is -2.74. The molecule has 1 heterocycles. The number of para-hydroxylation sites is 2. The summed E-state index contributed by atoms with van der Waals surface area (Å²) in [5.41, 5.74) is 1.59. The van der Waals surface area contributed by atoms with Gasteiger partial charge in [-0.3, -0.25) is 9.10 Å². The molecule has 0 aromatic heterocycles. The van der Waals surface area contributed by atoms with Crippen LogP contribution in [0, 0.1) is 6.92 Å². The maximum absolute atomic E-state index is 12.7. The Morgan fingerprint density at radius 1 is 1.24 bits per heavy atom. The number of anilines is 1. The van der Waals surface area contributed by atoms with Gasteiger partial charge in [0.1, 0.15) is 18.1 Å². The highest BCUT2D eigenvalue weighted by atomic mass is 32.2. The predicted octanol–water partition coefficient (Wildman–Crippen LogP) is 2.50. The van der Waals surface area contributed by atoms with Crippen molar-refractivity contribution < 1.29 is 22.7 Å². The molecule has 0 spiro atoms. The highest BCUT2D eigenvalue weighted by molar-refractivity contribution is 7.92. The van der Waals surface area contributed by atoms with Crippen LogP contribution in [0.15, 0.2) is 48.5 Å². The van der Waals surface area contributed by atoms with Crippen LogP contribution in [0.25, 0.3) is 0 Å². The standard InChI is InChI=1S/C21H26N2O5S/c1-15-8-10-17(11-9-15)27-14-16(2)22-21(24)20-12-13-23(29(3,25)26)18-6-4-5-7-19(18)28-20/h4-11,16,20H,12-14H2,1-3H3,(H,22,24)/t16-,20+/m0/s1. The molecule has 1 aliphatic heterocycles. The van der Waals surface area contributed by atoms with E-state index in [2.05, 4.69) is 5.32 Å². The number of nitrogens with one attached hydrogen (secondary N) is 1. The molecule has 2 aromatic rings. The molecule has 7 nitrogen and oxygen atoms in total. The number of hydrogen-bond donors (Lipinski definition) is 1. The Balaban J connectivity index is 1.63. The van der Waals surface area contributed by atoms with Gasteiger partial charge in [-0.1, -0.05) is 29.8 Å². The van der Waals surface area contributed by atoms with Gasteiger partial charge in [-0.15, -0.1) is 0 Å². The van der Waals surface area contributed by atoms with E-state index in [9.17, 15) is 13.2 Å². The van der Waals surface area contributed by atoms with E-state index in [1.165, 1.54) is 4.31 Å². The lowest BCUT2D eigenvalue weighted by Crippen LogP contribution is -2.45. The number of rotatable bonds is 6. The Morgan fingerprint density at radius 2 is 1.93 bits per heavy atom. The Labute approximate surface area is 171 Å². The van der Waals surface area contributed by atoms with Crippen LogP contribution < -0.4 is 19.1 Å². The zero-order valence-corrected chi connectivity index (χ0v) is 17.6. The third-order valence-corrected chi connectivity index (χ3v) is 5.78. The van der Waals surface area contributed by atoms with Crippen molar-refractivity contribution in [3.05, 3.63) is 54.1 Å². The summed E-state index contributed by atoms with van der Waals surface area (Å²) in [4.78, 5) is 12.7. The summed E-state index contributed by atoms with van der Waals surface area (Å²) in [5.74, 6) is 0.814. The predicted molar refractivity (Wildman–Crippen MR) is 112 cm³/mol. The molecule has 0 fully saturated rings. The van der Waals surface area contributed by atoms with Crippen molar-refractivity contribution in [1.29, 1.82) is 0 Å². The van der Waals surface area contributed by atoms with Crippen LogP contribution in [0.5, 0.6) is 11.5 Å². The number of nitrogens with zero attached hydrogens (tertiary/aromatic N) is 1. The van der Waals surface area contributed by atoms with Crippen molar-refractivity contribution >= 4 is 21.6 Å². The minimum absolute atomic E-state index is 0.169. The lowest BCUT2D eigenvalue weighted by atomic mass is 10.2. The fraction of sp³-hybridized carbons (Fsp3) is 0.381. The van der Waals surface area contributed by atoms with E-state index in [1.54, 1.807) is 24.3 Å². The van der Waals surface area contributed by atoms with Crippen LogP contribution in [0.2, 0.25) is 0 Å². The summed E-state index contributed by atoms with van der Waals surface area (Å²) in [7, 11) is -3.48. The van der Waals surface area contributed by atoms with Gasteiger partial charge in [-0.2, -0.15) is 0 Å². The van der Waals surface area contributed by atoms with E-state index in [0.717, 1.165) is 17.6 Å². The summed E-state index contributed by atoms with van der Waals surface area (Å²) >= 11 is 0. The molecule has 0 bridgehead atoms.